The maximum Gasteiger partial charge on any atom is 0.0289 e. The third kappa shape index (κ3) is 1.64. The van der Waals surface area contributed by atoms with Crippen molar-refractivity contribution in [3.05, 3.63) is 0 Å². The molecule has 0 saturated heterocycles. The van der Waals surface area contributed by atoms with Crippen LogP contribution in [0.5, 0.6) is 0 Å². The fourth-order valence-corrected chi connectivity index (χ4v) is 2.65. The number of rotatable bonds is 0. The Hall–Kier alpha value is 0.690. The maximum atomic E-state index is 5.92. The number of halogens is 1. The molecule has 10 heavy (non-hydrogen) atoms. The van der Waals surface area contributed by atoms with Gasteiger partial charge in [-0.1, -0.05) is 36.4 Å². The molecule has 1 nitrogen and oxygen atoms in total. The number of alkyl halides is 1. The summed E-state index contributed by atoms with van der Waals surface area (Å²) in [5.74, 6) is 1.69. The first kappa shape index (κ1) is 8.78. The average molecular weight is 253 g/mol. The fourth-order valence-electron chi connectivity index (χ4n) is 1.58. The average Bonchev–Trinajstić information content (AvgIpc) is 1.93. The van der Waals surface area contributed by atoms with Gasteiger partial charge in [-0.25, -0.2) is 0 Å². The van der Waals surface area contributed by atoms with Crippen molar-refractivity contribution < 1.29 is 0 Å². The molecule has 2 heteroatoms. The lowest BCUT2D eigenvalue weighted by Gasteiger charge is -2.35. The third-order valence-electron chi connectivity index (χ3n) is 2.76. The summed E-state index contributed by atoms with van der Waals surface area (Å²) in [6.07, 6.45) is 2.54. The zero-order chi connectivity index (χ0) is 7.72. The Kier molecular flexibility index (Phi) is 2.98. The molecule has 1 saturated carbocycles. The van der Waals surface area contributed by atoms with Gasteiger partial charge in [0.25, 0.3) is 0 Å². The second-order valence-electron chi connectivity index (χ2n) is 3.52. The quantitative estimate of drug-likeness (QED) is 0.519. The Morgan fingerprint density at radius 2 is 1.90 bits per heavy atom. The van der Waals surface area contributed by atoms with Crippen LogP contribution in [0.25, 0.3) is 0 Å². The maximum absolute atomic E-state index is 5.92. The van der Waals surface area contributed by atoms with Crippen molar-refractivity contribution in [1.82, 2.24) is 0 Å². The zero-order valence-electron chi connectivity index (χ0n) is 6.68. The van der Waals surface area contributed by atoms with Crippen LogP contribution < -0.4 is 5.73 Å². The summed E-state index contributed by atoms with van der Waals surface area (Å²) in [5.41, 5.74) is 5.92. The third-order valence-corrected chi connectivity index (χ3v) is 4.82. The highest BCUT2D eigenvalue weighted by atomic mass is 127. The molecule has 1 aliphatic rings. The molecule has 0 aromatic carbocycles. The Balaban J connectivity index is 2.52. The van der Waals surface area contributed by atoms with E-state index in [1.54, 1.807) is 0 Å². The zero-order valence-corrected chi connectivity index (χ0v) is 8.84. The summed E-state index contributed by atoms with van der Waals surface area (Å²) in [7, 11) is 0. The second-order valence-corrected chi connectivity index (χ2v) is 4.96. The van der Waals surface area contributed by atoms with Crippen LogP contribution in [-0.2, 0) is 0 Å². The van der Waals surface area contributed by atoms with Crippen LogP contribution in [0.15, 0.2) is 0 Å². The minimum absolute atomic E-state index is 0.451. The molecule has 1 aliphatic carbocycles. The van der Waals surface area contributed by atoms with Gasteiger partial charge in [0.05, 0.1) is 0 Å². The molecule has 4 unspecified atom stereocenters. The van der Waals surface area contributed by atoms with Gasteiger partial charge in [0.2, 0.25) is 0 Å². The molecule has 0 aliphatic heterocycles. The predicted octanol–water partition coefficient (Wildman–Crippen LogP) is 2.18. The van der Waals surface area contributed by atoms with Crippen LogP contribution in [0.4, 0.5) is 0 Å². The van der Waals surface area contributed by atoms with E-state index in [0.717, 1.165) is 11.8 Å². The number of hydrogen-bond donors (Lipinski definition) is 1. The first-order valence-electron chi connectivity index (χ1n) is 4.02. The van der Waals surface area contributed by atoms with Crippen molar-refractivity contribution in [2.75, 3.05) is 0 Å². The van der Waals surface area contributed by atoms with Gasteiger partial charge in [-0.3, -0.25) is 0 Å². The normalized spacial score (nSPS) is 49.2. The van der Waals surface area contributed by atoms with Gasteiger partial charge in [0.1, 0.15) is 0 Å². The molecule has 60 valence electrons. The van der Waals surface area contributed by atoms with Crippen molar-refractivity contribution in [1.29, 1.82) is 0 Å². The predicted molar refractivity (Wildman–Crippen MR) is 53.3 cm³/mol. The van der Waals surface area contributed by atoms with Gasteiger partial charge >= 0.3 is 0 Å². The van der Waals surface area contributed by atoms with Crippen molar-refractivity contribution in [3.63, 3.8) is 0 Å². The first-order valence-corrected chi connectivity index (χ1v) is 5.27. The van der Waals surface area contributed by atoms with E-state index in [9.17, 15) is 0 Å². The highest BCUT2D eigenvalue weighted by Gasteiger charge is 2.30. The summed E-state index contributed by atoms with van der Waals surface area (Å²) in [5, 5.41) is 0. The van der Waals surface area contributed by atoms with Gasteiger partial charge in [0, 0.05) is 9.97 Å². The van der Waals surface area contributed by atoms with Gasteiger partial charge < -0.3 is 5.73 Å². The van der Waals surface area contributed by atoms with Crippen molar-refractivity contribution >= 4 is 22.6 Å². The topological polar surface area (TPSA) is 26.0 Å². The van der Waals surface area contributed by atoms with Gasteiger partial charge in [0.15, 0.2) is 0 Å². The summed E-state index contributed by atoms with van der Waals surface area (Å²) < 4.78 is 0.696. The van der Waals surface area contributed by atoms with Crippen LogP contribution >= 0.6 is 22.6 Å². The van der Waals surface area contributed by atoms with E-state index in [0.29, 0.717) is 9.97 Å². The number of nitrogens with two attached hydrogens (primary N) is 1. The van der Waals surface area contributed by atoms with Crippen LogP contribution in [0.1, 0.15) is 26.7 Å². The van der Waals surface area contributed by atoms with E-state index < -0.39 is 0 Å². The summed E-state index contributed by atoms with van der Waals surface area (Å²) in [4.78, 5) is 0. The van der Waals surface area contributed by atoms with Crippen molar-refractivity contribution in [2.45, 2.75) is 36.7 Å². The Labute approximate surface area is 76.9 Å². The Bertz CT molecular complexity index is 102. The highest BCUT2D eigenvalue weighted by molar-refractivity contribution is 14.1. The molecular formula is C8H16IN. The Morgan fingerprint density at radius 1 is 1.30 bits per heavy atom. The molecule has 4 atom stereocenters. The molecule has 2 N–H and O–H groups in total. The minimum Gasteiger partial charge on any atom is -0.327 e. The smallest absolute Gasteiger partial charge is 0.0289 e. The largest absolute Gasteiger partial charge is 0.327 e. The summed E-state index contributed by atoms with van der Waals surface area (Å²) in [6.45, 7) is 4.66. The van der Waals surface area contributed by atoms with E-state index >= 15 is 0 Å². The fraction of sp³-hybridized carbons (Fsp3) is 1.00. The monoisotopic (exact) mass is 253 g/mol. The highest BCUT2D eigenvalue weighted by Crippen LogP contribution is 2.33. The molecule has 0 aromatic rings. The second kappa shape index (κ2) is 3.39. The molecule has 0 spiro atoms. The SMILES string of the molecule is CC1CCC(N)C(I)C1C. The van der Waals surface area contributed by atoms with Crippen LogP contribution in [0.2, 0.25) is 0 Å². The number of hydrogen-bond acceptors (Lipinski definition) is 1. The molecular weight excluding hydrogens is 237 g/mol. The Morgan fingerprint density at radius 3 is 2.40 bits per heavy atom. The van der Waals surface area contributed by atoms with Gasteiger partial charge in [-0.15, -0.1) is 0 Å². The van der Waals surface area contributed by atoms with Crippen molar-refractivity contribution in [2.24, 2.45) is 17.6 Å². The lowest BCUT2D eigenvalue weighted by Crippen LogP contribution is -2.41. The van der Waals surface area contributed by atoms with E-state index in [4.69, 9.17) is 5.73 Å². The molecule has 0 heterocycles. The molecule has 1 fully saturated rings. The minimum atomic E-state index is 0.451. The van der Waals surface area contributed by atoms with E-state index in [1.165, 1.54) is 12.8 Å². The molecule has 0 amide bonds. The lowest BCUT2D eigenvalue weighted by molar-refractivity contribution is 0.270. The molecule has 0 aromatic heterocycles. The first-order chi connectivity index (χ1) is 4.63. The van der Waals surface area contributed by atoms with Gasteiger partial charge in [-0.05, 0) is 24.7 Å². The lowest BCUT2D eigenvalue weighted by atomic mass is 9.79. The van der Waals surface area contributed by atoms with Crippen molar-refractivity contribution in [3.8, 4) is 0 Å². The van der Waals surface area contributed by atoms with E-state index in [-0.39, 0.29) is 0 Å². The van der Waals surface area contributed by atoms with Crippen LogP contribution in [0.3, 0.4) is 0 Å². The van der Waals surface area contributed by atoms with E-state index in [2.05, 4.69) is 36.4 Å². The van der Waals surface area contributed by atoms with Crippen LogP contribution in [-0.4, -0.2) is 9.97 Å². The van der Waals surface area contributed by atoms with E-state index in [1.807, 2.05) is 0 Å². The summed E-state index contributed by atoms with van der Waals surface area (Å²) in [6, 6.07) is 0.451. The molecule has 0 radical (unpaired) electrons. The summed E-state index contributed by atoms with van der Waals surface area (Å²) >= 11 is 2.50. The molecule has 1 rings (SSSR count). The van der Waals surface area contributed by atoms with Gasteiger partial charge in [-0.2, -0.15) is 0 Å². The standard InChI is InChI=1S/C8H16IN/c1-5-3-4-7(10)8(9)6(5)2/h5-8H,3-4,10H2,1-2H3. The van der Waals surface area contributed by atoms with Crippen LogP contribution in [0, 0.1) is 11.8 Å². The molecule has 0 bridgehead atoms.